The molecule has 3 rings (SSSR count). The summed E-state index contributed by atoms with van der Waals surface area (Å²) in [4.78, 5) is 36.8. The molecule has 1 aromatic rings. The van der Waals surface area contributed by atoms with Crippen molar-refractivity contribution in [2.45, 2.75) is 31.8 Å². The van der Waals surface area contributed by atoms with Crippen LogP contribution < -0.4 is 5.32 Å². The third-order valence-electron chi connectivity index (χ3n) is 4.26. The Bertz CT molecular complexity index is 754. The number of methoxy groups -OCH3 is 1. The van der Waals surface area contributed by atoms with Crippen molar-refractivity contribution in [3.05, 3.63) is 51.2 Å². The lowest BCUT2D eigenvalue weighted by Crippen LogP contribution is -2.48. The second-order valence-electron chi connectivity index (χ2n) is 5.83. The second-order valence-corrected chi connectivity index (χ2v) is 5.83. The monoisotopic (exact) mass is 331 g/mol. The minimum atomic E-state index is -0.778. The van der Waals surface area contributed by atoms with E-state index in [1.807, 2.05) is 0 Å². The summed E-state index contributed by atoms with van der Waals surface area (Å²) in [6, 6.07) is 4.89. The molecular formula is C16H17N3O5. The number of rotatable bonds is 4. The van der Waals surface area contributed by atoms with Gasteiger partial charge in [-0.3, -0.25) is 15.0 Å². The molecule has 1 N–H and O–H groups in total. The molecule has 2 aliphatic rings. The van der Waals surface area contributed by atoms with E-state index in [0.717, 1.165) is 12.8 Å². The number of nitrogens with one attached hydrogen (secondary N) is 1. The zero-order valence-corrected chi connectivity index (χ0v) is 13.3. The molecule has 0 bridgehead atoms. The summed E-state index contributed by atoms with van der Waals surface area (Å²) in [5, 5.41) is 13.8. The standard InChI is InChI=1S/C16H17N3O5/c1-9-13(15(20)24-2)14(17-16(21)18(9)11-6-7-11)10-4-3-5-12(8-10)19(22)23/h3-5,8,11,14H,6-7H2,1-2H3,(H,17,21)/t14-/m0/s1. The number of allylic oxidation sites excluding steroid dienone is 1. The van der Waals surface area contributed by atoms with Crippen molar-refractivity contribution in [3.8, 4) is 0 Å². The highest BCUT2D eigenvalue weighted by atomic mass is 16.6. The van der Waals surface area contributed by atoms with Gasteiger partial charge in [-0.15, -0.1) is 0 Å². The molecule has 0 radical (unpaired) electrons. The lowest BCUT2D eigenvalue weighted by Gasteiger charge is -2.35. The molecule has 0 spiro atoms. The zero-order valence-electron chi connectivity index (χ0n) is 13.3. The Labute approximate surface area is 138 Å². The summed E-state index contributed by atoms with van der Waals surface area (Å²) in [6.07, 6.45) is 1.78. The SMILES string of the molecule is COC(=O)C1=C(C)N(C2CC2)C(=O)N[C@H]1c1cccc([N+](=O)[O-])c1. The summed E-state index contributed by atoms with van der Waals surface area (Å²) in [5.74, 6) is -0.561. The number of ether oxygens (including phenoxy) is 1. The highest BCUT2D eigenvalue weighted by Gasteiger charge is 2.42. The number of hydrogen-bond acceptors (Lipinski definition) is 5. The Kier molecular flexibility index (Phi) is 3.96. The number of non-ortho nitro benzene ring substituents is 1. The molecule has 1 saturated carbocycles. The fourth-order valence-corrected chi connectivity index (χ4v) is 2.97. The van der Waals surface area contributed by atoms with Gasteiger partial charge in [0.25, 0.3) is 5.69 Å². The lowest BCUT2D eigenvalue weighted by molar-refractivity contribution is -0.384. The average Bonchev–Trinajstić information content (AvgIpc) is 3.38. The summed E-state index contributed by atoms with van der Waals surface area (Å²) in [6.45, 7) is 1.70. The van der Waals surface area contributed by atoms with E-state index in [1.54, 1.807) is 17.9 Å². The average molecular weight is 331 g/mol. The van der Waals surface area contributed by atoms with Crippen molar-refractivity contribution in [1.29, 1.82) is 0 Å². The fraction of sp³-hybridized carbons (Fsp3) is 0.375. The number of carbonyl (C=O) groups is 2. The quantitative estimate of drug-likeness (QED) is 0.518. The van der Waals surface area contributed by atoms with Gasteiger partial charge in [0.1, 0.15) is 0 Å². The summed E-state index contributed by atoms with van der Waals surface area (Å²) in [5.41, 5.74) is 1.19. The van der Waals surface area contributed by atoms with Crippen LogP contribution >= 0.6 is 0 Å². The maximum Gasteiger partial charge on any atom is 0.337 e. The van der Waals surface area contributed by atoms with Gasteiger partial charge in [0.05, 0.1) is 23.6 Å². The van der Waals surface area contributed by atoms with Crippen LogP contribution in [0.2, 0.25) is 0 Å². The minimum absolute atomic E-state index is 0.0933. The Morgan fingerprint density at radius 3 is 2.71 bits per heavy atom. The van der Waals surface area contributed by atoms with E-state index in [1.165, 1.54) is 25.3 Å². The van der Waals surface area contributed by atoms with Crippen LogP contribution in [0.15, 0.2) is 35.5 Å². The molecule has 8 nitrogen and oxygen atoms in total. The second kappa shape index (κ2) is 5.95. The summed E-state index contributed by atoms with van der Waals surface area (Å²) >= 11 is 0. The smallest absolute Gasteiger partial charge is 0.337 e. The fourth-order valence-electron chi connectivity index (χ4n) is 2.97. The first-order valence-corrected chi connectivity index (χ1v) is 7.57. The van der Waals surface area contributed by atoms with Gasteiger partial charge in [-0.2, -0.15) is 0 Å². The maximum atomic E-state index is 12.4. The number of nitro benzene ring substituents is 1. The van der Waals surface area contributed by atoms with Gasteiger partial charge in [-0.25, -0.2) is 9.59 Å². The van der Waals surface area contributed by atoms with Gasteiger partial charge >= 0.3 is 12.0 Å². The molecule has 8 heteroatoms. The molecule has 1 fully saturated rings. The van der Waals surface area contributed by atoms with Crippen molar-refractivity contribution in [1.82, 2.24) is 10.2 Å². The first kappa shape index (κ1) is 16.0. The third kappa shape index (κ3) is 2.70. The van der Waals surface area contributed by atoms with Gasteiger partial charge in [0.15, 0.2) is 0 Å². The van der Waals surface area contributed by atoms with E-state index < -0.39 is 16.9 Å². The number of esters is 1. The number of benzene rings is 1. The van der Waals surface area contributed by atoms with Crippen LogP contribution in [0.3, 0.4) is 0 Å². The number of nitrogens with zero attached hydrogens (tertiary/aromatic N) is 2. The Morgan fingerprint density at radius 1 is 1.42 bits per heavy atom. The molecule has 1 heterocycles. The van der Waals surface area contributed by atoms with Gasteiger partial charge < -0.3 is 10.1 Å². The highest BCUT2D eigenvalue weighted by molar-refractivity contribution is 5.95. The van der Waals surface area contributed by atoms with Crippen LogP contribution in [0.1, 0.15) is 31.4 Å². The van der Waals surface area contributed by atoms with Crippen molar-refractivity contribution in [3.63, 3.8) is 0 Å². The normalized spacial score (nSPS) is 20.7. The number of carbonyl (C=O) groups excluding carboxylic acids is 2. The van der Waals surface area contributed by atoms with Crippen LogP contribution in [-0.4, -0.2) is 35.0 Å². The molecule has 2 amide bonds. The van der Waals surface area contributed by atoms with Crippen molar-refractivity contribution in [2.75, 3.05) is 7.11 Å². The highest BCUT2D eigenvalue weighted by Crippen LogP contribution is 2.38. The van der Waals surface area contributed by atoms with Gasteiger partial charge in [-0.05, 0) is 25.3 Å². The molecule has 0 aromatic heterocycles. The van der Waals surface area contributed by atoms with E-state index in [0.29, 0.717) is 16.8 Å². The van der Waals surface area contributed by atoms with Crippen molar-refractivity contribution < 1.29 is 19.2 Å². The number of hydrogen-bond donors (Lipinski definition) is 1. The Hall–Kier alpha value is -2.90. The first-order chi connectivity index (χ1) is 11.4. The Balaban J connectivity index is 2.08. The molecule has 0 unspecified atom stereocenters. The van der Waals surface area contributed by atoms with Crippen LogP contribution in [0.5, 0.6) is 0 Å². The van der Waals surface area contributed by atoms with E-state index in [9.17, 15) is 19.7 Å². The molecular weight excluding hydrogens is 314 g/mol. The number of nitro groups is 1. The largest absolute Gasteiger partial charge is 0.466 e. The summed E-state index contributed by atoms with van der Waals surface area (Å²) < 4.78 is 4.86. The number of amides is 2. The van der Waals surface area contributed by atoms with Crippen LogP contribution in [0.25, 0.3) is 0 Å². The lowest BCUT2D eigenvalue weighted by atomic mass is 9.94. The topological polar surface area (TPSA) is 102 Å². The predicted octanol–water partition coefficient (Wildman–Crippen LogP) is 2.27. The zero-order chi connectivity index (χ0) is 17.4. The van der Waals surface area contributed by atoms with E-state index in [-0.39, 0.29) is 17.8 Å². The summed E-state index contributed by atoms with van der Waals surface area (Å²) in [7, 11) is 1.27. The predicted molar refractivity (Wildman–Crippen MR) is 83.9 cm³/mol. The van der Waals surface area contributed by atoms with Crippen molar-refractivity contribution in [2.24, 2.45) is 0 Å². The van der Waals surface area contributed by atoms with Crippen LogP contribution in [0.4, 0.5) is 10.5 Å². The number of urea groups is 1. The molecule has 24 heavy (non-hydrogen) atoms. The molecule has 1 atom stereocenters. The maximum absolute atomic E-state index is 12.4. The van der Waals surface area contributed by atoms with E-state index >= 15 is 0 Å². The van der Waals surface area contributed by atoms with Gasteiger partial charge in [0.2, 0.25) is 0 Å². The third-order valence-corrected chi connectivity index (χ3v) is 4.26. The van der Waals surface area contributed by atoms with E-state index in [2.05, 4.69) is 5.32 Å². The van der Waals surface area contributed by atoms with Crippen LogP contribution in [-0.2, 0) is 9.53 Å². The molecule has 126 valence electrons. The van der Waals surface area contributed by atoms with Crippen LogP contribution in [0, 0.1) is 10.1 Å². The first-order valence-electron chi connectivity index (χ1n) is 7.57. The molecule has 1 aliphatic carbocycles. The molecule has 0 saturated heterocycles. The van der Waals surface area contributed by atoms with Crippen molar-refractivity contribution >= 4 is 17.7 Å². The Morgan fingerprint density at radius 2 is 2.12 bits per heavy atom. The van der Waals surface area contributed by atoms with Gasteiger partial charge in [-0.1, -0.05) is 12.1 Å². The molecule has 1 aliphatic heterocycles. The van der Waals surface area contributed by atoms with Gasteiger partial charge in [0, 0.05) is 23.9 Å². The minimum Gasteiger partial charge on any atom is -0.466 e. The van der Waals surface area contributed by atoms with E-state index in [4.69, 9.17) is 4.74 Å². The molecule has 1 aromatic carbocycles.